The van der Waals surface area contributed by atoms with Crippen molar-refractivity contribution in [2.24, 2.45) is 5.92 Å². The predicted octanol–water partition coefficient (Wildman–Crippen LogP) is 0.494. The van der Waals surface area contributed by atoms with Gasteiger partial charge in [0, 0.05) is 18.7 Å². The highest BCUT2D eigenvalue weighted by Gasteiger charge is 2.45. The predicted molar refractivity (Wildman–Crippen MR) is 84.6 cm³/mol. The lowest BCUT2D eigenvalue weighted by Crippen LogP contribution is -2.70. The summed E-state index contributed by atoms with van der Waals surface area (Å²) in [5, 5.41) is 2.80. The number of carbonyl (C=O) groups excluding carboxylic acids is 3. The van der Waals surface area contributed by atoms with Gasteiger partial charge in [0.25, 0.3) is 5.91 Å². The Morgan fingerprint density at radius 1 is 1.17 bits per heavy atom. The van der Waals surface area contributed by atoms with Gasteiger partial charge in [-0.05, 0) is 18.1 Å². The van der Waals surface area contributed by atoms with Crippen molar-refractivity contribution in [3.8, 4) is 0 Å². The van der Waals surface area contributed by atoms with E-state index in [4.69, 9.17) is 0 Å². The number of fused-ring (bicyclic) bond motifs is 1. The molecule has 1 aromatic carbocycles. The number of amides is 3. The zero-order chi connectivity index (χ0) is 16.6. The molecule has 1 aromatic rings. The van der Waals surface area contributed by atoms with E-state index in [1.165, 1.54) is 0 Å². The Labute approximate surface area is 135 Å². The van der Waals surface area contributed by atoms with Crippen LogP contribution in [0.4, 0.5) is 0 Å². The molecule has 0 aromatic heterocycles. The van der Waals surface area contributed by atoms with Crippen LogP contribution in [0.3, 0.4) is 0 Å². The fraction of sp³-hybridized carbons (Fsp3) is 0.471. The van der Waals surface area contributed by atoms with Crippen molar-refractivity contribution >= 4 is 17.7 Å². The third-order valence-electron chi connectivity index (χ3n) is 4.50. The molecule has 122 valence electrons. The summed E-state index contributed by atoms with van der Waals surface area (Å²) in [6.45, 7) is 4.93. The molecule has 23 heavy (non-hydrogen) atoms. The SMILES string of the molecule is CC(C)[C@H]1NC(=O)[C@H]2CN(C(=O)c3ccccc3)CCN2C1=O. The smallest absolute Gasteiger partial charge is 0.253 e. The Hall–Kier alpha value is -2.37. The van der Waals surface area contributed by atoms with E-state index in [2.05, 4.69) is 5.32 Å². The van der Waals surface area contributed by atoms with Gasteiger partial charge in [-0.15, -0.1) is 0 Å². The summed E-state index contributed by atoms with van der Waals surface area (Å²) in [6.07, 6.45) is 0. The van der Waals surface area contributed by atoms with Gasteiger partial charge in [-0.25, -0.2) is 0 Å². The van der Waals surface area contributed by atoms with Crippen LogP contribution in [0.15, 0.2) is 30.3 Å². The molecule has 2 fully saturated rings. The highest BCUT2D eigenvalue weighted by atomic mass is 16.2. The molecule has 6 nitrogen and oxygen atoms in total. The largest absolute Gasteiger partial charge is 0.342 e. The second-order valence-corrected chi connectivity index (χ2v) is 6.39. The van der Waals surface area contributed by atoms with Crippen LogP contribution in [0.5, 0.6) is 0 Å². The normalized spacial score (nSPS) is 24.5. The number of rotatable bonds is 2. The van der Waals surface area contributed by atoms with Crippen molar-refractivity contribution in [3.63, 3.8) is 0 Å². The van der Waals surface area contributed by atoms with E-state index in [9.17, 15) is 14.4 Å². The zero-order valence-electron chi connectivity index (χ0n) is 13.4. The van der Waals surface area contributed by atoms with Crippen LogP contribution in [0.2, 0.25) is 0 Å². The first kappa shape index (κ1) is 15.5. The van der Waals surface area contributed by atoms with Crippen molar-refractivity contribution in [1.82, 2.24) is 15.1 Å². The number of nitrogens with zero attached hydrogens (tertiary/aromatic N) is 2. The number of hydrogen-bond donors (Lipinski definition) is 1. The van der Waals surface area contributed by atoms with Crippen molar-refractivity contribution in [2.75, 3.05) is 19.6 Å². The minimum atomic E-state index is -0.584. The summed E-state index contributed by atoms with van der Waals surface area (Å²) in [6, 6.07) is 7.95. The molecular formula is C17H21N3O3. The van der Waals surface area contributed by atoms with Gasteiger partial charge >= 0.3 is 0 Å². The summed E-state index contributed by atoms with van der Waals surface area (Å²) >= 11 is 0. The molecule has 2 aliphatic heterocycles. The molecule has 0 aliphatic carbocycles. The lowest BCUT2D eigenvalue weighted by atomic mass is 9.96. The maximum atomic E-state index is 12.5. The summed E-state index contributed by atoms with van der Waals surface area (Å²) < 4.78 is 0. The Bertz CT molecular complexity index is 629. The maximum absolute atomic E-state index is 12.5. The topological polar surface area (TPSA) is 69.7 Å². The third-order valence-corrected chi connectivity index (χ3v) is 4.50. The van der Waals surface area contributed by atoms with Crippen LogP contribution >= 0.6 is 0 Å². The molecule has 1 N–H and O–H groups in total. The van der Waals surface area contributed by atoms with Crippen molar-refractivity contribution in [1.29, 1.82) is 0 Å². The highest BCUT2D eigenvalue weighted by Crippen LogP contribution is 2.20. The molecule has 3 amide bonds. The summed E-state index contributed by atoms with van der Waals surface area (Å²) in [4.78, 5) is 40.7. The van der Waals surface area contributed by atoms with Crippen LogP contribution in [0.25, 0.3) is 0 Å². The van der Waals surface area contributed by atoms with Crippen LogP contribution in [0, 0.1) is 5.92 Å². The first-order chi connectivity index (χ1) is 11.0. The van der Waals surface area contributed by atoms with E-state index in [1.54, 1.807) is 21.9 Å². The lowest BCUT2D eigenvalue weighted by Gasteiger charge is -2.46. The van der Waals surface area contributed by atoms with Crippen LogP contribution in [-0.2, 0) is 9.59 Å². The third kappa shape index (κ3) is 2.81. The van der Waals surface area contributed by atoms with Crippen LogP contribution < -0.4 is 5.32 Å². The Morgan fingerprint density at radius 2 is 1.87 bits per heavy atom. The Morgan fingerprint density at radius 3 is 2.52 bits per heavy atom. The van der Waals surface area contributed by atoms with E-state index in [0.29, 0.717) is 18.7 Å². The number of hydrogen-bond acceptors (Lipinski definition) is 3. The zero-order valence-corrected chi connectivity index (χ0v) is 13.4. The average molecular weight is 315 g/mol. The molecule has 0 spiro atoms. The van der Waals surface area contributed by atoms with E-state index >= 15 is 0 Å². The van der Waals surface area contributed by atoms with Gasteiger partial charge in [0.1, 0.15) is 12.1 Å². The lowest BCUT2D eigenvalue weighted by molar-refractivity contribution is -0.153. The quantitative estimate of drug-likeness (QED) is 0.864. The summed E-state index contributed by atoms with van der Waals surface area (Å²) in [7, 11) is 0. The first-order valence-corrected chi connectivity index (χ1v) is 7.94. The van der Waals surface area contributed by atoms with Gasteiger partial charge in [-0.1, -0.05) is 32.0 Å². The van der Waals surface area contributed by atoms with Crippen molar-refractivity contribution in [3.05, 3.63) is 35.9 Å². The van der Waals surface area contributed by atoms with E-state index in [0.717, 1.165) is 0 Å². The standard InChI is InChI=1S/C17H21N3O3/c1-11(2)14-17(23)20-9-8-19(10-13(20)15(21)18-14)16(22)12-6-4-3-5-7-12/h3-7,11,13-14H,8-10H2,1-2H3,(H,18,21)/t13-,14-/m1/s1. The first-order valence-electron chi connectivity index (χ1n) is 7.94. The molecule has 2 heterocycles. The van der Waals surface area contributed by atoms with Crippen LogP contribution in [0.1, 0.15) is 24.2 Å². The summed E-state index contributed by atoms with van der Waals surface area (Å²) in [5.74, 6) is -0.266. The van der Waals surface area contributed by atoms with E-state index in [1.807, 2.05) is 32.0 Å². The molecule has 2 aliphatic rings. The van der Waals surface area contributed by atoms with E-state index < -0.39 is 12.1 Å². The number of carbonyl (C=O) groups is 3. The average Bonchev–Trinajstić information content (AvgIpc) is 2.57. The molecule has 0 unspecified atom stereocenters. The summed E-state index contributed by atoms with van der Waals surface area (Å²) in [5.41, 5.74) is 0.601. The molecule has 6 heteroatoms. The monoisotopic (exact) mass is 315 g/mol. The number of benzene rings is 1. The maximum Gasteiger partial charge on any atom is 0.253 e. The number of piperazine rings is 2. The Balaban J connectivity index is 1.75. The number of nitrogens with one attached hydrogen (secondary N) is 1. The highest BCUT2D eigenvalue weighted by molar-refractivity contribution is 5.99. The second-order valence-electron chi connectivity index (χ2n) is 6.39. The molecule has 3 rings (SSSR count). The van der Waals surface area contributed by atoms with Crippen LogP contribution in [-0.4, -0.2) is 59.2 Å². The molecule has 0 saturated carbocycles. The van der Waals surface area contributed by atoms with Crippen molar-refractivity contribution < 1.29 is 14.4 Å². The Kier molecular flexibility index (Phi) is 4.07. The van der Waals surface area contributed by atoms with Crippen molar-refractivity contribution in [2.45, 2.75) is 25.9 Å². The fourth-order valence-electron chi connectivity index (χ4n) is 3.16. The van der Waals surface area contributed by atoms with Gasteiger partial charge in [0.2, 0.25) is 11.8 Å². The molecule has 0 bridgehead atoms. The van der Waals surface area contributed by atoms with Gasteiger partial charge in [0.15, 0.2) is 0 Å². The van der Waals surface area contributed by atoms with Gasteiger partial charge in [-0.3, -0.25) is 14.4 Å². The molecule has 0 radical (unpaired) electrons. The second kappa shape index (κ2) is 6.02. The fourth-order valence-corrected chi connectivity index (χ4v) is 3.16. The van der Waals surface area contributed by atoms with Gasteiger partial charge < -0.3 is 15.1 Å². The van der Waals surface area contributed by atoms with E-state index in [-0.39, 0.29) is 30.2 Å². The molecular weight excluding hydrogens is 294 g/mol. The molecule has 2 atom stereocenters. The van der Waals surface area contributed by atoms with Gasteiger partial charge in [-0.2, -0.15) is 0 Å². The molecule has 2 saturated heterocycles. The van der Waals surface area contributed by atoms with Gasteiger partial charge in [0.05, 0.1) is 6.54 Å². The minimum absolute atomic E-state index is 0.0450. The minimum Gasteiger partial charge on any atom is -0.342 e.